The molecule has 204 valence electrons. The minimum absolute atomic E-state index is 0. The third-order valence-corrected chi connectivity index (χ3v) is 6.56. The topological polar surface area (TPSA) is 113 Å². The number of nitriles is 1. The first-order chi connectivity index (χ1) is 17.3. The number of Topliss-reactive ketones (excluding diaryl/α,β-unsaturated/α-hetero) is 1. The maximum atomic E-state index is 13.6. The van der Waals surface area contributed by atoms with Crippen LogP contribution in [0.4, 0.5) is 11.4 Å². The Bertz CT molecular complexity index is 1290. The van der Waals surface area contributed by atoms with Crippen molar-refractivity contribution in [3.05, 3.63) is 52.1 Å². The third kappa shape index (κ3) is 5.94. The van der Waals surface area contributed by atoms with Crippen LogP contribution in [-0.2, 0) is 12.0 Å². The third-order valence-electron chi connectivity index (χ3n) is 6.56. The number of fused-ring (bicyclic) bond motifs is 1. The number of hydrogen-bond donors (Lipinski definition) is 2. The second kappa shape index (κ2) is 11.9. The van der Waals surface area contributed by atoms with Gasteiger partial charge in [-0.25, -0.2) is 0 Å². The van der Waals surface area contributed by atoms with Crippen molar-refractivity contribution in [3.63, 3.8) is 0 Å². The largest absolute Gasteiger partial charge is 0.494 e. The van der Waals surface area contributed by atoms with Crippen LogP contribution >= 0.6 is 17.0 Å². The highest BCUT2D eigenvalue weighted by molar-refractivity contribution is 8.93. The Morgan fingerprint density at radius 3 is 2.34 bits per heavy atom. The Morgan fingerprint density at radius 2 is 1.82 bits per heavy atom. The molecule has 0 unspecified atom stereocenters. The number of carbonyl (C=O) groups is 2. The highest BCUT2D eigenvalue weighted by Crippen LogP contribution is 2.40. The normalized spacial score (nSPS) is 12.3. The van der Waals surface area contributed by atoms with E-state index in [1.54, 1.807) is 43.1 Å². The first-order valence-electron chi connectivity index (χ1n) is 12.1. The Kier molecular flexibility index (Phi) is 9.56. The van der Waals surface area contributed by atoms with E-state index in [1.165, 1.54) is 0 Å². The number of methoxy groups -OCH3 is 1. The minimum Gasteiger partial charge on any atom is -0.494 e. The molecule has 2 N–H and O–H groups in total. The Hall–Kier alpha value is -3.58. The van der Waals surface area contributed by atoms with E-state index in [9.17, 15) is 14.9 Å². The number of ether oxygens (including phenoxy) is 1. The van der Waals surface area contributed by atoms with Crippen LogP contribution in [0.3, 0.4) is 0 Å². The highest BCUT2D eigenvalue weighted by Gasteiger charge is 2.31. The fourth-order valence-corrected chi connectivity index (χ4v) is 4.54. The van der Waals surface area contributed by atoms with Crippen LogP contribution in [0.2, 0.25) is 0 Å². The lowest BCUT2D eigenvalue weighted by Gasteiger charge is -2.28. The molecule has 0 radical (unpaired) electrons. The molecule has 1 heterocycles. The van der Waals surface area contributed by atoms with Crippen LogP contribution in [0.15, 0.2) is 24.3 Å². The van der Waals surface area contributed by atoms with Gasteiger partial charge in [0.25, 0.3) is 5.91 Å². The van der Waals surface area contributed by atoms with E-state index < -0.39 is 0 Å². The lowest BCUT2D eigenvalue weighted by molar-refractivity contribution is 0.0955. The quantitative estimate of drug-likeness (QED) is 0.356. The van der Waals surface area contributed by atoms with Gasteiger partial charge in [-0.05, 0) is 35.2 Å². The number of amidine groups is 1. The first kappa shape index (κ1) is 30.6. The van der Waals surface area contributed by atoms with Gasteiger partial charge in [0.15, 0.2) is 5.78 Å². The summed E-state index contributed by atoms with van der Waals surface area (Å²) in [6.45, 7) is 6.70. The van der Waals surface area contributed by atoms with Gasteiger partial charge in [-0.2, -0.15) is 5.26 Å². The van der Waals surface area contributed by atoms with Gasteiger partial charge in [0, 0.05) is 57.1 Å². The monoisotopic (exact) mass is 584 g/mol. The molecule has 1 aliphatic heterocycles. The van der Waals surface area contributed by atoms with E-state index in [2.05, 4.69) is 11.4 Å². The standard InChI is InChI=1S/C28H36N6O3.BrH/c1-28(2,3)21-11-17(12-23(25(21)37-8)33(7)10-9-29)24(35)16-34-15-18-13-22(32(5)6)20(27(36)31-4)14-19(18)26(34)30;/h11-14,30H,10,15-16H2,1-8H3,(H,31,36);1H. The van der Waals surface area contributed by atoms with Gasteiger partial charge in [-0.3, -0.25) is 15.0 Å². The second-order valence-corrected chi connectivity index (χ2v) is 10.5. The number of ketones is 1. The number of nitrogens with zero attached hydrogens (tertiary/aromatic N) is 4. The predicted molar refractivity (Wildman–Crippen MR) is 157 cm³/mol. The van der Waals surface area contributed by atoms with Crippen molar-refractivity contribution in [2.75, 3.05) is 58.2 Å². The van der Waals surface area contributed by atoms with Gasteiger partial charge in [0.05, 0.1) is 31.0 Å². The fourth-order valence-electron chi connectivity index (χ4n) is 4.54. The lowest BCUT2D eigenvalue weighted by Crippen LogP contribution is -2.31. The van der Waals surface area contributed by atoms with Crippen molar-refractivity contribution >= 4 is 45.9 Å². The lowest BCUT2D eigenvalue weighted by atomic mass is 9.84. The van der Waals surface area contributed by atoms with E-state index >= 15 is 0 Å². The van der Waals surface area contributed by atoms with Crippen LogP contribution in [0, 0.1) is 16.7 Å². The second-order valence-electron chi connectivity index (χ2n) is 10.5. The molecule has 2 aromatic rings. The molecule has 10 heteroatoms. The average molecular weight is 586 g/mol. The summed E-state index contributed by atoms with van der Waals surface area (Å²) < 4.78 is 5.72. The molecule has 38 heavy (non-hydrogen) atoms. The molecule has 0 aliphatic carbocycles. The van der Waals surface area contributed by atoms with Crippen molar-refractivity contribution in [2.24, 2.45) is 0 Å². The number of hydrogen-bond acceptors (Lipinski definition) is 7. The van der Waals surface area contributed by atoms with E-state index in [-0.39, 0.29) is 53.0 Å². The Labute approximate surface area is 235 Å². The van der Waals surface area contributed by atoms with Gasteiger partial charge < -0.3 is 24.8 Å². The number of rotatable bonds is 8. The predicted octanol–water partition coefficient (Wildman–Crippen LogP) is 3.98. The van der Waals surface area contributed by atoms with Crippen LogP contribution in [0.1, 0.15) is 58.2 Å². The number of benzene rings is 2. The summed E-state index contributed by atoms with van der Waals surface area (Å²) in [6, 6.07) is 9.40. The maximum absolute atomic E-state index is 13.6. The number of carbonyl (C=O) groups excluding carboxylic acids is 2. The summed E-state index contributed by atoms with van der Waals surface area (Å²) in [5.74, 6) is 0.485. The summed E-state index contributed by atoms with van der Waals surface area (Å²) in [6.07, 6.45) is 0. The smallest absolute Gasteiger partial charge is 0.253 e. The zero-order chi connectivity index (χ0) is 27.7. The molecule has 3 rings (SSSR count). The van der Waals surface area contributed by atoms with Crippen molar-refractivity contribution in [1.82, 2.24) is 10.2 Å². The summed E-state index contributed by atoms with van der Waals surface area (Å²) in [7, 11) is 8.70. The van der Waals surface area contributed by atoms with Crippen molar-refractivity contribution in [3.8, 4) is 11.8 Å². The summed E-state index contributed by atoms with van der Waals surface area (Å²) in [5.41, 5.74) is 4.52. The maximum Gasteiger partial charge on any atom is 0.253 e. The molecule has 0 saturated carbocycles. The zero-order valence-corrected chi connectivity index (χ0v) is 25.1. The molecule has 0 atom stereocenters. The minimum atomic E-state index is -0.306. The molecule has 0 fully saturated rings. The van der Waals surface area contributed by atoms with E-state index in [4.69, 9.17) is 10.1 Å². The Morgan fingerprint density at radius 1 is 1.16 bits per heavy atom. The molecule has 0 bridgehead atoms. The average Bonchev–Trinajstić information content (AvgIpc) is 3.15. The number of anilines is 2. The highest BCUT2D eigenvalue weighted by atomic mass is 79.9. The molecule has 0 spiro atoms. The fraction of sp³-hybridized carbons (Fsp3) is 0.429. The zero-order valence-electron chi connectivity index (χ0n) is 23.4. The number of amides is 1. The number of nitrogens with one attached hydrogen (secondary N) is 2. The van der Waals surface area contributed by atoms with Crippen LogP contribution < -0.4 is 19.9 Å². The first-order valence-corrected chi connectivity index (χ1v) is 12.1. The van der Waals surface area contributed by atoms with Gasteiger partial charge in [0.1, 0.15) is 18.1 Å². The molecule has 9 nitrogen and oxygen atoms in total. The molecular weight excluding hydrogens is 548 g/mol. The van der Waals surface area contributed by atoms with Crippen molar-refractivity contribution in [2.45, 2.75) is 32.7 Å². The van der Waals surface area contributed by atoms with E-state index in [0.717, 1.165) is 16.8 Å². The SMILES string of the molecule is Br.CNC(=O)c1cc2c(cc1N(C)C)CN(CC(=O)c1cc(N(C)CC#N)c(OC)c(C(C)(C)C)c1)C2=N. The molecular formula is C28H37BrN6O3. The van der Waals surface area contributed by atoms with Gasteiger partial charge in [-0.15, -0.1) is 17.0 Å². The summed E-state index contributed by atoms with van der Waals surface area (Å²) in [5, 5.41) is 20.6. The molecule has 2 aromatic carbocycles. The molecule has 1 amide bonds. The molecule has 0 saturated heterocycles. The summed E-state index contributed by atoms with van der Waals surface area (Å²) >= 11 is 0. The van der Waals surface area contributed by atoms with Crippen LogP contribution in [0.5, 0.6) is 5.75 Å². The van der Waals surface area contributed by atoms with Crippen molar-refractivity contribution < 1.29 is 14.3 Å². The Balaban J connectivity index is 0.00000507. The number of halogens is 1. The molecule has 0 aromatic heterocycles. The van der Waals surface area contributed by atoms with Crippen molar-refractivity contribution in [1.29, 1.82) is 10.7 Å². The van der Waals surface area contributed by atoms with E-state index in [1.807, 2.05) is 51.9 Å². The van der Waals surface area contributed by atoms with Gasteiger partial charge in [0.2, 0.25) is 0 Å². The van der Waals surface area contributed by atoms with Gasteiger partial charge >= 0.3 is 0 Å². The molecule has 1 aliphatic rings. The summed E-state index contributed by atoms with van der Waals surface area (Å²) in [4.78, 5) is 31.4. The van der Waals surface area contributed by atoms with E-state index in [0.29, 0.717) is 34.7 Å². The van der Waals surface area contributed by atoms with Gasteiger partial charge in [-0.1, -0.05) is 20.8 Å². The van der Waals surface area contributed by atoms with Crippen LogP contribution in [0.25, 0.3) is 0 Å². The van der Waals surface area contributed by atoms with Crippen LogP contribution in [-0.4, -0.2) is 70.8 Å².